The van der Waals surface area contributed by atoms with Gasteiger partial charge >= 0.3 is 5.97 Å². The average Bonchev–Trinajstić information content (AvgIpc) is 2.54. The Kier molecular flexibility index (Phi) is 4.77. The number of benzene rings is 2. The molecule has 0 saturated carbocycles. The predicted octanol–water partition coefficient (Wildman–Crippen LogP) is 2.54. The minimum atomic E-state index is -2.16. The van der Waals surface area contributed by atoms with Gasteiger partial charge in [0.2, 0.25) is 5.60 Å². The van der Waals surface area contributed by atoms with Crippen LogP contribution in [-0.4, -0.2) is 23.3 Å². The van der Waals surface area contributed by atoms with Crippen molar-refractivity contribution >= 4 is 21.9 Å². The lowest BCUT2D eigenvalue weighted by Crippen LogP contribution is -2.42. The van der Waals surface area contributed by atoms with Gasteiger partial charge in [-0.1, -0.05) is 58.4 Å². The standard InChI is InChI=1S/C16H15BrO4/c1-21-15(19)16(20,12-5-3-2-4-6-12)14(18)11-7-9-13(17)10-8-11/h2-10,14,18,20H,1H3/t14-,16+/m1/s1. The number of carbonyl (C=O) groups excluding carboxylic acids is 1. The molecule has 0 fully saturated rings. The zero-order chi connectivity index (χ0) is 15.5. The maximum atomic E-state index is 12.1. The molecule has 0 aliphatic heterocycles. The quantitative estimate of drug-likeness (QED) is 0.831. The van der Waals surface area contributed by atoms with Crippen LogP contribution in [0, 0.1) is 0 Å². The summed E-state index contributed by atoms with van der Waals surface area (Å²) in [6.07, 6.45) is -1.44. The van der Waals surface area contributed by atoms with Gasteiger partial charge in [-0.25, -0.2) is 4.79 Å². The molecule has 0 aliphatic rings. The molecule has 0 heterocycles. The Morgan fingerprint density at radius 2 is 1.71 bits per heavy atom. The molecule has 2 N–H and O–H groups in total. The normalized spacial score (nSPS) is 15.0. The van der Waals surface area contributed by atoms with E-state index in [1.807, 2.05) is 0 Å². The molecule has 0 aromatic heterocycles. The van der Waals surface area contributed by atoms with Crippen LogP contribution >= 0.6 is 15.9 Å². The molecule has 110 valence electrons. The Hall–Kier alpha value is -1.69. The van der Waals surface area contributed by atoms with Crippen molar-refractivity contribution in [1.29, 1.82) is 0 Å². The van der Waals surface area contributed by atoms with Crippen molar-refractivity contribution in [1.82, 2.24) is 0 Å². The second-order valence-electron chi connectivity index (χ2n) is 4.58. The molecule has 2 aromatic carbocycles. The SMILES string of the molecule is COC(=O)[C@](O)(c1ccccc1)[C@H](O)c1ccc(Br)cc1. The smallest absolute Gasteiger partial charge is 0.345 e. The molecular weight excluding hydrogens is 336 g/mol. The molecule has 0 radical (unpaired) electrons. The summed E-state index contributed by atoms with van der Waals surface area (Å²) in [4.78, 5) is 12.1. The number of rotatable bonds is 4. The third-order valence-corrected chi connectivity index (χ3v) is 3.82. The van der Waals surface area contributed by atoms with Gasteiger partial charge in [-0.3, -0.25) is 0 Å². The summed E-state index contributed by atoms with van der Waals surface area (Å²) >= 11 is 3.30. The van der Waals surface area contributed by atoms with Crippen LogP contribution in [0.3, 0.4) is 0 Å². The van der Waals surface area contributed by atoms with Crippen molar-refractivity contribution < 1.29 is 19.7 Å². The zero-order valence-corrected chi connectivity index (χ0v) is 12.9. The monoisotopic (exact) mass is 350 g/mol. The van der Waals surface area contributed by atoms with Crippen LogP contribution in [0.1, 0.15) is 17.2 Å². The highest BCUT2D eigenvalue weighted by molar-refractivity contribution is 9.10. The van der Waals surface area contributed by atoms with E-state index in [0.717, 1.165) is 4.47 Å². The van der Waals surface area contributed by atoms with E-state index in [0.29, 0.717) is 5.56 Å². The molecule has 0 unspecified atom stereocenters. The molecule has 0 spiro atoms. The summed E-state index contributed by atoms with van der Waals surface area (Å²) in [6.45, 7) is 0. The molecule has 5 heteroatoms. The second kappa shape index (κ2) is 6.39. The van der Waals surface area contributed by atoms with Crippen LogP contribution in [0.15, 0.2) is 59.1 Å². The maximum absolute atomic E-state index is 12.1. The molecule has 0 saturated heterocycles. The third kappa shape index (κ3) is 3.00. The van der Waals surface area contributed by atoms with E-state index in [9.17, 15) is 15.0 Å². The van der Waals surface area contributed by atoms with Gasteiger partial charge in [0, 0.05) is 4.47 Å². The van der Waals surface area contributed by atoms with E-state index in [1.54, 1.807) is 54.6 Å². The number of aliphatic hydroxyl groups excluding tert-OH is 1. The van der Waals surface area contributed by atoms with Crippen molar-refractivity contribution in [3.63, 3.8) is 0 Å². The first kappa shape index (κ1) is 15.7. The van der Waals surface area contributed by atoms with Crippen LogP contribution in [0.5, 0.6) is 0 Å². The van der Waals surface area contributed by atoms with E-state index < -0.39 is 17.7 Å². The van der Waals surface area contributed by atoms with Crippen LogP contribution < -0.4 is 0 Å². The minimum Gasteiger partial charge on any atom is -0.467 e. The summed E-state index contributed by atoms with van der Waals surface area (Å²) in [5.41, 5.74) is -1.48. The van der Waals surface area contributed by atoms with Gasteiger partial charge in [-0.15, -0.1) is 0 Å². The van der Waals surface area contributed by atoms with Gasteiger partial charge in [0.05, 0.1) is 7.11 Å². The third-order valence-electron chi connectivity index (χ3n) is 3.29. The molecule has 0 bridgehead atoms. The molecule has 0 aliphatic carbocycles. The average molecular weight is 351 g/mol. The molecule has 21 heavy (non-hydrogen) atoms. The summed E-state index contributed by atoms with van der Waals surface area (Å²) in [6, 6.07) is 15.0. The van der Waals surface area contributed by atoms with Crippen LogP contribution in [0.2, 0.25) is 0 Å². The number of aliphatic hydroxyl groups is 2. The largest absolute Gasteiger partial charge is 0.467 e. The summed E-state index contributed by atoms with van der Waals surface area (Å²) in [5, 5.41) is 21.3. The molecule has 0 amide bonds. The minimum absolute atomic E-state index is 0.271. The van der Waals surface area contributed by atoms with Gasteiger partial charge in [0.15, 0.2) is 0 Å². The van der Waals surface area contributed by atoms with Gasteiger partial charge in [0.1, 0.15) is 6.10 Å². The van der Waals surface area contributed by atoms with Crippen LogP contribution in [0.4, 0.5) is 0 Å². The van der Waals surface area contributed by atoms with E-state index in [2.05, 4.69) is 20.7 Å². The summed E-state index contributed by atoms with van der Waals surface area (Å²) in [5.74, 6) is -0.913. The first-order chi connectivity index (χ1) is 10.00. The maximum Gasteiger partial charge on any atom is 0.345 e. The number of carbonyl (C=O) groups is 1. The highest BCUT2D eigenvalue weighted by atomic mass is 79.9. The van der Waals surface area contributed by atoms with Crippen molar-refractivity contribution in [2.45, 2.75) is 11.7 Å². The summed E-state index contributed by atoms with van der Waals surface area (Å²) in [7, 11) is 1.17. The number of hydrogen-bond acceptors (Lipinski definition) is 4. The number of methoxy groups -OCH3 is 1. The fourth-order valence-corrected chi connectivity index (χ4v) is 2.39. The van der Waals surface area contributed by atoms with Gasteiger partial charge in [-0.2, -0.15) is 0 Å². The van der Waals surface area contributed by atoms with Gasteiger partial charge in [-0.05, 0) is 23.3 Å². The van der Waals surface area contributed by atoms with Gasteiger partial charge < -0.3 is 14.9 Å². The first-order valence-corrected chi connectivity index (χ1v) is 7.09. The first-order valence-electron chi connectivity index (χ1n) is 6.30. The molecule has 4 nitrogen and oxygen atoms in total. The lowest BCUT2D eigenvalue weighted by molar-refractivity contribution is -0.178. The fraction of sp³-hybridized carbons (Fsp3) is 0.188. The highest BCUT2D eigenvalue weighted by Gasteiger charge is 2.47. The lowest BCUT2D eigenvalue weighted by atomic mass is 9.84. The topological polar surface area (TPSA) is 66.8 Å². The number of hydrogen-bond donors (Lipinski definition) is 2. The predicted molar refractivity (Wildman–Crippen MR) is 81.5 cm³/mol. The van der Waals surface area contributed by atoms with E-state index in [-0.39, 0.29) is 5.56 Å². The second-order valence-corrected chi connectivity index (χ2v) is 5.49. The van der Waals surface area contributed by atoms with Crippen molar-refractivity contribution in [2.24, 2.45) is 0 Å². The number of ether oxygens (including phenoxy) is 1. The fourth-order valence-electron chi connectivity index (χ4n) is 2.12. The number of esters is 1. The number of halogens is 1. The van der Waals surface area contributed by atoms with E-state index >= 15 is 0 Å². The van der Waals surface area contributed by atoms with Gasteiger partial charge in [0.25, 0.3) is 0 Å². The highest BCUT2D eigenvalue weighted by Crippen LogP contribution is 2.36. The molecule has 2 atom stereocenters. The van der Waals surface area contributed by atoms with Crippen molar-refractivity contribution in [2.75, 3.05) is 7.11 Å². The van der Waals surface area contributed by atoms with Crippen molar-refractivity contribution in [3.8, 4) is 0 Å². The molecular formula is C16H15BrO4. The van der Waals surface area contributed by atoms with Crippen LogP contribution in [-0.2, 0) is 15.1 Å². The van der Waals surface area contributed by atoms with Crippen molar-refractivity contribution in [3.05, 3.63) is 70.2 Å². The van der Waals surface area contributed by atoms with E-state index in [1.165, 1.54) is 7.11 Å². The van der Waals surface area contributed by atoms with E-state index in [4.69, 9.17) is 0 Å². The molecule has 2 rings (SSSR count). The Morgan fingerprint density at radius 1 is 1.14 bits per heavy atom. The zero-order valence-electron chi connectivity index (χ0n) is 11.4. The van der Waals surface area contributed by atoms with Crippen LogP contribution in [0.25, 0.3) is 0 Å². The Bertz CT molecular complexity index is 612. The lowest BCUT2D eigenvalue weighted by Gasteiger charge is -2.31. The Balaban J connectivity index is 2.50. The Labute approximate surface area is 131 Å². The Morgan fingerprint density at radius 3 is 2.24 bits per heavy atom. The molecule has 2 aromatic rings. The summed E-state index contributed by atoms with van der Waals surface area (Å²) < 4.78 is 5.51.